The number of nitrogens with two attached hydrogens (primary N) is 1. The quantitative estimate of drug-likeness (QED) is 0.642. The Hall–Kier alpha value is -0.610. The number of aliphatic hydroxyl groups excluding tert-OH is 1. The molecule has 18 heavy (non-hydrogen) atoms. The van der Waals surface area contributed by atoms with Gasteiger partial charge in [0.15, 0.2) is 0 Å². The molecule has 1 unspecified atom stereocenters. The first-order valence-electron chi connectivity index (χ1n) is 7.11. The molecule has 4 heteroatoms. The van der Waals surface area contributed by atoms with E-state index in [9.17, 15) is 9.90 Å². The zero-order valence-electron chi connectivity index (χ0n) is 11.7. The lowest BCUT2D eigenvalue weighted by atomic mass is 9.87. The highest BCUT2D eigenvalue weighted by molar-refractivity contribution is 5.78. The molecule has 0 aromatic rings. The van der Waals surface area contributed by atoms with Gasteiger partial charge in [-0.2, -0.15) is 0 Å². The highest BCUT2D eigenvalue weighted by Crippen LogP contribution is 2.36. The van der Waals surface area contributed by atoms with Gasteiger partial charge in [0.25, 0.3) is 0 Å². The van der Waals surface area contributed by atoms with Crippen molar-refractivity contribution in [1.82, 2.24) is 5.32 Å². The lowest BCUT2D eigenvalue weighted by Gasteiger charge is -2.28. The molecular weight excluding hydrogens is 228 g/mol. The summed E-state index contributed by atoms with van der Waals surface area (Å²) in [4.78, 5) is 12.1. The van der Waals surface area contributed by atoms with Gasteiger partial charge in [0, 0.05) is 18.5 Å². The van der Waals surface area contributed by atoms with E-state index in [-0.39, 0.29) is 23.8 Å². The lowest BCUT2D eigenvalue weighted by molar-refractivity contribution is -0.125. The molecule has 0 bridgehead atoms. The summed E-state index contributed by atoms with van der Waals surface area (Å²) in [6.07, 6.45) is 5.17. The molecule has 1 atom stereocenters. The van der Waals surface area contributed by atoms with Crippen LogP contribution >= 0.6 is 0 Å². The van der Waals surface area contributed by atoms with Gasteiger partial charge in [-0.15, -0.1) is 0 Å². The Bertz CT molecular complexity index is 261. The first-order valence-corrected chi connectivity index (χ1v) is 7.11. The normalized spacial score (nSPS) is 20.1. The molecule has 0 aromatic heterocycles. The highest BCUT2D eigenvalue weighted by atomic mass is 16.3. The zero-order valence-corrected chi connectivity index (χ0v) is 11.7. The van der Waals surface area contributed by atoms with Crippen molar-refractivity contribution in [3.05, 3.63) is 0 Å². The molecule has 1 saturated carbocycles. The average Bonchev–Trinajstić information content (AvgIpc) is 2.82. The van der Waals surface area contributed by atoms with Crippen molar-refractivity contribution in [3.8, 4) is 0 Å². The minimum absolute atomic E-state index is 0.0472. The van der Waals surface area contributed by atoms with Gasteiger partial charge in [-0.1, -0.05) is 26.7 Å². The standard InChI is InChI=1S/C14H28N2O2/c1-11(2)7-12(8-15)13(18)16-9-14(10-17)5-3-4-6-14/h11-12,17H,3-10,15H2,1-2H3,(H,16,18). The molecule has 1 amide bonds. The lowest BCUT2D eigenvalue weighted by Crippen LogP contribution is -2.42. The second kappa shape index (κ2) is 7.10. The summed E-state index contributed by atoms with van der Waals surface area (Å²) < 4.78 is 0. The third-order valence-electron chi connectivity index (χ3n) is 4.05. The van der Waals surface area contributed by atoms with Crippen LogP contribution in [0.15, 0.2) is 0 Å². The molecule has 0 radical (unpaired) electrons. The first-order chi connectivity index (χ1) is 8.53. The SMILES string of the molecule is CC(C)CC(CN)C(=O)NCC1(CO)CCCC1. The Morgan fingerprint density at radius 2 is 2.00 bits per heavy atom. The smallest absolute Gasteiger partial charge is 0.224 e. The van der Waals surface area contributed by atoms with Crippen LogP contribution in [0.1, 0.15) is 46.0 Å². The Kier molecular flexibility index (Phi) is 6.09. The van der Waals surface area contributed by atoms with Gasteiger partial charge in [0.1, 0.15) is 0 Å². The van der Waals surface area contributed by atoms with Crippen LogP contribution in [0.3, 0.4) is 0 Å². The van der Waals surface area contributed by atoms with E-state index in [0.29, 0.717) is 19.0 Å². The maximum absolute atomic E-state index is 12.1. The molecule has 0 aliphatic heterocycles. The van der Waals surface area contributed by atoms with E-state index in [1.807, 2.05) is 0 Å². The Balaban J connectivity index is 2.43. The number of amides is 1. The van der Waals surface area contributed by atoms with Gasteiger partial charge >= 0.3 is 0 Å². The van der Waals surface area contributed by atoms with E-state index in [0.717, 1.165) is 32.1 Å². The van der Waals surface area contributed by atoms with Gasteiger partial charge in [0.05, 0.1) is 12.5 Å². The zero-order chi connectivity index (χ0) is 13.6. The van der Waals surface area contributed by atoms with Gasteiger partial charge in [-0.05, 0) is 25.2 Å². The highest BCUT2D eigenvalue weighted by Gasteiger charge is 2.34. The maximum Gasteiger partial charge on any atom is 0.224 e. The van der Waals surface area contributed by atoms with Crippen LogP contribution in [0.5, 0.6) is 0 Å². The first kappa shape index (κ1) is 15.4. The molecule has 1 aliphatic rings. The minimum atomic E-state index is -0.0952. The van der Waals surface area contributed by atoms with Crippen LogP contribution in [0.25, 0.3) is 0 Å². The van der Waals surface area contributed by atoms with Crippen LogP contribution in [0, 0.1) is 17.3 Å². The summed E-state index contributed by atoms with van der Waals surface area (Å²) in [6, 6.07) is 0. The third-order valence-corrected chi connectivity index (χ3v) is 4.05. The van der Waals surface area contributed by atoms with E-state index >= 15 is 0 Å². The molecule has 4 nitrogen and oxygen atoms in total. The number of aliphatic hydroxyl groups is 1. The monoisotopic (exact) mass is 256 g/mol. The van der Waals surface area contributed by atoms with Crippen molar-refractivity contribution in [2.45, 2.75) is 46.0 Å². The number of carbonyl (C=O) groups is 1. The summed E-state index contributed by atoms with van der Waals surface area (Å²) in [5, 5.41) is 12.5. The van der Waals surface area contributed by atoms with Crippen LogP contribution in [0.2, 0.25) is 0 Å². The molecular formula is C14H28N2O2. The van der Waals surface area contributed by atoms with Crippen molar-refractivity contribution < 1.29 is 9.90 Å². The minimum Gasteiger partial charge on any atom is -0.396 e. The van der Waals surface area contributed by atoms with E-state index in [4.69, 9.17) is 5.73 Å². The molecule has 4 N–H and O–H groups in total. The Morgan fingerprint density at radius 3 is 2.44 bits per heavy atom. The second-order valence-corrected chi connectivity index (χ2v) is 6.15. The number of carbonyl (C=O) groups excluding carboxylic acids is 1. The second-order valence-electron chi connectivity index (χ2n) is 6.15. The fraction of sp³-hybridized carbons (Fsp3) is 0.929. The van der Waals surface area contributed by atoms with Crippen LogP contribution in [-0.4, -0.2) is 30.7 Å². The van der Waals surface area contributed by atoms with E-state index < -0.39 is 0 Å². The fourth-order valence-electron chi connectivity index (χ4n) is 2.81. The summed E-state index contributed by atoms with van der Waals surface area (Å²) in [6.45, 7) is 5.36. The average molecular weight is 256 g/mol. The largest absolute Gasteiger partial charge is 0.396 e. The molecule has 0 saturated heterocycles. The fourth-order valence-corrected chi connectivity index (χ4v) is 2.81. The van der Waals surface area contributed by atoms with E-state index in [2.05, 4.69) is 19.2 Å². The van der Waals surface area contributed by atoms with Crippen molar-refractivity contribution in [2.75, 3.05) is 19.7 Å². The topological polar surface area (TPSA) is 75.4 Å². The van der Waals surface area contributed by atoms with Crippen LogP contribution in [0.4, 0.5) is 0 Å². The number of nitrogens with one attached hydrogen (secondary N) is 1. The molecule has 106 valence electrons. The predicted octanol–water partition coefficient (Wildman–Crippen LogP) is 1.28. The van der Waals surface area contributed by atoms with E-state index in [1.165, 1.54) is 0 Å². The predicted molar refractivity (Wildman–Crippen MR) is 73.0 cm³/mol. The summed E-state index contributed by atoms with van der Waals surface area (Å²) >= 11 is 0. The molecule has 0 spiro atoms. The number of hydrogen-bond acceptors (Lipinski definition) is 3. The molecule has 1 fully saturated rings. The van der Waals surface area contributed by atoms with Gasteiger partial charge in [0.2, 0.25) is 5.91 Å². The van der Waals surface area contributed by atoms with Gasteiger partial charge < -0.3 is 16.2 Å². The van der Waals surface area contributed by atoms with Gasteiger partial charge in [-0.25, -0.2) is 0 Å². The molecule has 0 aromatic carbocycles. The van der Waals surface area contributed by atoms with Crippen molar-refractivity contribution in [1.29, 1.82) is 0 Å². The van der Waals surface area contributed by atoms with E-state index in [1.54, 1.807) is 0 Å². The summed E-state index contributed by atoms with van der Waals surface area (Å²) in [7, 11) is 0. The Labute approximate surface area is 110 Å². The molecule has 1 rings (SSSR count). The van der Waals surface area contributed by atoms with Crippen molar-refractivity contribution >= 4 is 5.91 Å². The number of rotatable bonds is 7. The van der Waals surface area contributed by atoms with Gasteiger partial charge in [-0.3, -0.25) is 4.79 Å². The van der Waals surface area contributed by atoms with Crippen LogP contribution in [-0.2, 0) is 4.79 Å². The summed E-state index contributed by atoms with van der Waals surface area (Å²) in [5.74, 6) is 0.427. The summed E-state index contributed by atoms with van der Waals surface area (Å²) in [5.41, 5.74) is 5.58. The van der Waals surface area contributed by atoms with Crippen molar-refractivity contribution in [3.63, 3.8) is 0 Å². The third kappa shape index (κ3) is 4.25. The molecule has 0 heterocycles. The number of hydrogen-bond donors (Lipinski definition) is 3. The molecule has 1 aliphatic carbocycles. The Morgan fingerprint density at radius 1 is 1.39 bits per heavy atom. The van der Waals surface area contributed by atoms with Crippen LogP contribution < -0.4 is 11.1 Å². The van der Waals surface area contributed by atoms with Crippen molar-refractivity contribution in [2.24, 2.45) is 23.0 Å². The maximum atomic E-state index is 12.1.